The van der Waals surface area contributed by atoms with Crippen molar-refractivity contribution in [3.05, 3.63) is 70.8 Å². The number of hydrogen-bond donors (Lipinski definition) is 0. The van der Waals surface area contributed by atoms with Crippen molar-refractivity contribution in [1.29, 1.82) is 0 Å². The van der Waals surface area contributed by atoms with E-state index in [1.54, 1.807) is 12.1 Å². The van der Waals surface area contributed by atoms with Gasteiger partial charge in [-0.05, 0) is 56.4 Å². The molecule has 1 aliphatic carbocycles. The summed E-state index contributed by atoms with van der Waals surface area (Å²) in [5, 5.41) is 0. The zero-order chi connectivity index (χ0) is 17.6. The first-order valence-electron chi connectivity index (χ1n) is 8.63. The molecule has 0 amide bonds. The number of esters is 2. The molecule has 2 aliphatic rings. The predicted octanol–water partition coefficient (Wildman–Crippen LogP) is 4.14. The predicted molar refractivity (Wildman–Crippen MR) is 95.0 cm³/mol. The van der Waals surface area contributed by atoms with Gasteiger partial charge in [-0.15, -0.1) is 0 Å². The van der Waals surface area contributed by atoms with E-state index >= 15 is 0 Å². The summed E-state index contributed by atoms with van der Waals surface area (Å²) >= 11 is 0. The van der Waals surface area contributed by atoms with Gasteiger partial charge in [-0.3, -0.25) is 0 Å². The van der Waals surface area contributed by atoms with Gasteiger partial charge in [0.1, 0.15) is 12.7 Å². The van der Waals surface area contributed by atoms with Crippen molar-refractivity contribution in [2.24, 2.45) is 0 Å². The Labute approximate surface area is 147 Å². The van der Waals surface area contributed by atoms with Gasteiger partial charge in [-0.25, -0.2) is 9.59 Å². The minimum absolute atomic E-state index is 0.0255. The average molecular weight is 338 g/mol. The molecule has 130 valence electrons. The molecule has 1 fully saturated rings. The first-order chi connectivity index (χ1) is 12.1. The highest BCUT2D eigenvalue weighted by molar-refractivity contribution is 5.95. The Bertz CT molecular complexity index is 730. The van der Waals surface area contributed by atoms with Gasteiger partial charge < -0.3 is 9.47 Å². The Kier molecular flexibility index (Phi) is 5.49. The fourth-order valence-corrected chi connectivity index (χ4v) is 3.06. The van der Waals surface area contributed by atoms with E-state index in [0.29, 0.717) is 17.7 Å². The Balaban J connectivity index is 1.51. The monoisotopic (exact) mass is 338 g/mol. The Morgan fingerprint density at radius 2 is 1.92 bits per heavy atom. The molecule has 1 aromatic rings. The summed E-state index contributed by atoms with van der Waals surface area (Å²) in [7, 11) is 0. The maximum Gasteiger partial charge on any atom is 0.338 e. The van der Waals surface area contributed by atoms with Crippen molar-refractivity contribution in [2.45, 2.75) is 38.7 Å². The Morgan fingerprint density at radius 3 is 2.56 bits per heavy atom. The smallest absolute Gasteiger partial charge is 0.338 e. The van der Waals surface area contributed by atoms with E-state index in [-0.39, 0.29) is 18.0 Å². The summed E-state index contributed by atoms with van der Waals surface area (Å²) in [5.74, 6) is -0.496. The van der Waals surface area contributed by atoms with Crippen LogP contribution in [0.15, 0.2) is 65.3 Å². The van der Waals surface area contributed by atoms with Crippen LogP contribution >= 0.6 is 0 Å². The second-order valence-corrected chi connectivity index (χ2v) is 6.36. The molecule has 25 heavy (non-hydrogen) atoms. The minimum Gasteiger partial charge on any atom is -0.459 e. The van der Waals surface area contributed by atoms with Crippen molar-refractivity contribution in [3.8, 4) is 0 Å². The minimum atomic E-state index is -0.250. The maximum absolute atomic E-state index is 12.1. The molecule has 0 spiro atoms. The van der Waals surface area contributed by atoms with Crippen molar-refractivity contribution < 1.29 is 19.1 Å². The standard InChI is InChI=1S/C21H22O4/c1-15(19-13-14-24-21(19)23)7-8-16-9-11-18(12-10-16)25-20(22)17-5-3-2-4-6-17/h2-8,13,18H,9-12,14H2,1H3/b15-7-,16-8?. The third kappa shape index (κ3) is 4.47. The molecule has 1 saturated carbocycles. The zero-order valence-corrected chi connectivity index (χ0v) is 14.4. The summed E-state index contributed by atoms with van der Waals surface area (Å²) < 4.78 is 10.5. The molecular weight excluding hydrogens is 316 g/mol. The van der Waals surface area contributed by atoms with Crippen LogP contribution in [-0.2, 0) is 14.3 Å². The molecule has 0 aromatic heterocycles. The summed E-state index contributed by atoms with van der Waals surface area (Å²) in [6.07, 6.45) is 9.32. The topological polar surface area (TPSA) is 52.6 Å². The number of carbonyl (C=O) groups excluding carboxylic acids is 2. The lowest BCUT2D eigenvalue weighted by Crippen LogP contribution is -2.21. The molecule has 0 unspecified atom stereocenters. The van der Waals surface area contributed by atoms with Crippen molar-refractivity contribution in [2.75, 3.05) is 6.61 Å². The van der Waals surface area contributed by atoms with Crippen molar-refractivity contribution in [1.82, 2.24) is 0 Å². The molecule has 0 atom stereocenters. The van der Waals surface area contributed by atoms with E-state index in [9.17, 15) is 9.59 Å². The third-order valence-electron chi connectivity index (χ3n) is 4.57. The van der Waals surface area contributed by atoms with E-state index in [1.807, 2.05) is 37.3 Å². The second-order valence-electron chi connectivity index (χ2n) is 6.36. The highest BCUT2D eigenvalue weighted by Crippen LogP contribution is 2.27. The van der Waals surface area contributed by atoms with Gasteiger partial charge in [-0.1, -0.05) is 35.9 Å². The highest BCUT2D eigenvalue weighted by atomic mass is 16.5. The van der Waals surface area contributed by atoms with Gasteiger partial charge in [0.2, 0.25) is 0 Å². The summed E-state index contributed by atoms with van der Waals surface area (Å²) in [5.41, 5.74) is 3.49. The molecule has 1 heterocycles. The van der Waals surface area contributed by atoms with Crippen molar-refractivity contribution in [3.63, 3.8) is 0 Å². The van der Waals surface area contributed by atoms with Gasteiger partial charge in [-0.2, -0.15) is 0 Å². The number of benzene rings is 1. The highest BCUT2D eigenvalue weighted by Gasteiger charge is 2.21. The van der Waals surface area contributed by atoms with Crippen molar-refractivity contribution >= 4 is 11.9 Å². The molecule has 0 N–H and O–H groups in total. The second kappa shape index (κ2) is 7.97. The van der Waals surface area contributed by atoms with Crippen LogP contribution in [0.5, 0.6) is 0 Å². The molecule has 1 aromatic carbocycles. The van der Waals surface area contributed by atoms with Crippen LogP contribution in [0.25, 0.3) is 0 Å². The molecule has 4 nitrogen and oxygen atoms in total. The number of allylic oxidation sites excluding steroid dienone is 3. The van der Waals surface area contributed by atoms with Gasteiger partial charge in [0, 0.05) is 0 Å². The van der Waals surface area contributed by atoms with Crippen LogP contribution in [0.3, 0.4) is 0 Å². The van der Waals surface area contributed by atoms with Crippen LogP contribution in [-0.4, -0.2) is 24.6 Å². The van der Waals surface area contributed by atoms with E-state index in [4.69, 9.17) is 9.47 Å². The first kappa shape index (κ1) is 17.2. The van der Waals surface area contributed by atoms with Crippen LogP contribution in [0.2, 0.25) is 0 Å². The normalized spacial score (nSPS) is 20.8. The molecule has 4 heteroatoms. The van der Waals surface area contributed by atoms with Crippen LogP contribution < -0.4 is 0 Å². The lowest BCUT2D eigenvalue weighted by atomic mass is 9.91. The summed E-state index contributed by atoms with van der Waals surface area (Å²) in [6, 6.07) is 9.09. The largest absolute Gasteiger partial charge is 0.459 e. The third-order valence-corrected chi connectivity index (χ3v) is 4.57. The van der Waals surface area contributed by atoms with Gasteiger partial charge in [0.15, 0.2) is 0 Å². The first-order valence-corrected chi connectivity index (χ1v) is 8.63. The molecule has 0 saturated heterocycles. The zero-order valence-electron chi connectivity index (χ0n) is 14.4. The van der Waals surface area contributed by atoms with E-state index in [1.165, 1.54) is 5.57 Å². The van der Waals surface area contributed by atoms with Crippen LogP contribution in [0.4, 0.5) is 0 Å². The fraction of sp³-hybridized carbons (Fsp3) is 0.333. The number of hydrogen-bond acceptors (Lipinski definition) is 4. The Hall–Kier alpha value is -2.62. The molecular formula is C21H22O4. The molecule has 0 radical (unpaired) electrons. The summed E-state index contributed by atoms with van der Waals surface area (Å²) in [6.45, 7) is 2.28. The maximum atomic E-state index is 12.1. The molecule has 0 bridgehead atoms. The number of rotatable bonds is 4. The lowest BCUT2D eigenvalue weighted by Gasteiger charge is -2.24. The van der Waals surface area contributed by atoms with Crippen LogP contribution in [0.1, 0.15) is 43.0 Å². The van der Waals surface area contributed by atoms with Gasteiger partial charge >= 0.3 is 11.9 Å². The number of carbonyl (C=O) groups is 2. The molecule has 3 rings (SSSR count). The van der Waals surface area contributed by atoms with Gasteiger partial charge in [0.05, 0.1) is 11.1 Å². The van der Waals surface area contributed by atoms with E-state index in [2.05, 4.69) is 6.08 Å². The van der Waals surface area contributed by atoms with E-state index < -0.39 is 0 Å². The number of ether oxygens (including phenoxy) is 2. The number of cyclic esters (lactones) is 1. The SMILES string of the molecule is C/C(=C/C=C1CCC(OC(=O)c2ccccc2)CC1)C1=CCOC1=O. The lowest BCUT2D eigenvalue weighted by molar-refractivity contribution is -0.135. The Morgan fingerprint density at radius 1 is 1.20 bits per heavy atom. The van der Waals surface area contributed by atoms with E-state index in [0.717, 1.165) is 31.3 Å². The molecule has 1 aliphatic heterocycles. The summed E-state index contributed by atoms with van der Waals surface area (Å²) in [4.78, 5) is 23.6. The fourth-order valence-electron chi connectivity index (χ4n) is 3.06. The quantitative estimate of drug-likeness (QED) is 0.774. The van der Waals surface area contributed by atoms with Crippen LogP contribution in [0, 0.1) is 0 Å². The average Bonchev–Trinajstić information content (AvgIpc) is 3.07. The van der Waals surface area contributed by atoms with Gasteiger partial charge in [0.25, 0.3) is 0 Å².